The van der Waals surface area contributed by atoms with E-state index in [1.165, 1.54) is 16.9 Å². The van der Waals surface area contributed by atoms with Gasteiger partial charge in [-0.05, 0) is 38.5 Å². The van der Waals surface area contributed by atoms with Crippen LogP contribution in [0.15, 0.2) is 18.2 Å². The van der Waals surface area contributed by atoms with Crippen LogP contribution in [0.1, 0.15) is 19.4 Å². The zero-order chi connectivity index (χ0) is 10.5. The fourth-order valence-electron chi connectivity index (χ4n) is 2.00. The third-order valence-corrected chi connectivity index (χ3v) is 3.50. The smallest absolute Gasteiger partial charge is 0.106 e. The highest BCUT2D eigenvalue weighted by Gasteiger charge is 2.37. The van der Waals surface area contributed by atoms with Crippen LogP contribution in [-0.4, -0.2) is 19.8 Å². The van der Waals surface area contributed by atoms with Crippen LogP contribution in [0.3, 0.4) is 0 Å². The van der Waals surface area contributed by atoms with Crippen molar-refractivity contribution in [3.05, 3.63) is 23.8 Å². The van der Waals surface area contributed by atoms with Crippen molar-refractivity contribution in [3.63, 3.8) is 0 Å². The molecule has 2 heteroatoms. The van der Waals surface area contributed by atoms with E-state index < -0.39 is 0 Å². The monoisotopic (exact) mass is 190 g/mol. The summed E-state index contributed by atoms with van der Waals surface area (Å²) in [4.78, 5) is 4.65. The second kappa shape index (κ2) is 2.66. The Morgan fingerprint density at radius 3 is 2.21 bits per heavy atom. The minimum Gasteiger partial charge on any atom is -0.351 e. The summed E-state index contributed by atoms with van der Waals surface area (Å²) < 4.78 is 0. The van der Waals surface area contributed by atoms with E-state index in [0.29, 0.717) is 0 Å². The Bertz CT molecular complexity index is 369. The lowest BCUT2D eigenvalue weighted by Gasteiger charge is -2.36. The van der Waals surface area contributed by atoms with Crippen LogP contribution in [0.4, 0.5) is 11.4 Å². The van der Waals surface area contributed by atoms with Crippen LogP contribution in [0.25, 0.3) is 0 Å². The van der Waals surface area contributed by atoms with Crippen molar-refractivity contribution in [2.75, 3.05) is 23.9 Å². The summed E-state index contributed by atoms with van der Waals surface area (Å²) >= 11 is 0. The molecule has 76 valence electrons. The predicted molar refractivity (Wildman–Crippen MR) is 62.1 cm³/mol. The van der Waals surface area contributed by atoms with E-state index in [0.717, 1.165) is 0 Å². The summed E-state index contributed by atoms with van der Waals surface area (Å²) in [6.45, 7) is 6.62. The minimum atomic E-state index is 0.0795. The molecule has 14 heavy (non-hydrogen) atoms. The van der Waals surface area contributed by atoms with Crippen LogP contribution >= 0.6 is 0 Å². The average Bonchev–Trinajstić information content (AvgIpc) is 2.29. The van der Waals surface area contributed by atoms with E-state index in [9.17, 15) is 0 Å². The van der Waals surface area contributed by atoms with Gasteiger partial charge >= 0.3 is 0 Å². The van der Waals surface area contributed by atoms with Gasteiger partial charge in [0.25, 0.3) is 0 Å². The van der Waals surface area contributed by atoms with Gasteiger partial charge in [-0.2, -0.15) is 0 Å². The topological polar surface area (TPSA) is 6.48 Å². The van der Waals surface area contributed by atoms with Crippen LogP contribution in [0.5, 0.6) is 0 Å². The van der Waals surface area contributed by atoms with E-state index >= 15 is 0 Å². The first-order valence-electron chi connectivity index (χ1n) is 5.03. The van der Waals surface area contributed by atoms with E-state index in [1.807, 2.05) is 0 Å². The number of nitrogens with zero attached hydrogens (tertiary/aromatic N) is 2. The first kappa shape index (κ1) is 9.38. The number of hydrogen-bond donors (Lipinski definition) is 0. The largest absolute Gasteiger partial charge is 0.351 e. The molecule has 0 atom stereocenters. The second-order valence-corrected chi connectivity index (χ2v) is 4.60. The molecule has 0 unspecified atom stereocenters. The van der Waals surface area contributed by atoms with Crippen LogP contribution in [0, 0.1) is 6.92 Å². The quantitative estimate of drug-likeness (QED) is 0.620. The standard InChI is InChI=1S/C12H18N2/c1-9-6-7-10-11(8-9)14(5)12(2,3)13(10)4/h6-8H,1-5H3. The maximum atomic E-state index is 2.33. The number of rotatable bonds is 0. The Kier molecular flexibility index (Phi) is 1.78. The van der Waals surface area contributed by atoms with E-state index in [4.69, 9.17) is 0 Å². The van der Waals surface area contributed by atoms with Gasteiger partial charge in [-0.25, -0.2) is 0 Å². The molecule has 1 aliphatic rings. The van der Waals surface area contributed by atoms with Gasteiger partial charge < -0.3 is 9.80 Å². The Hall–Kier alpha value is -1.18. The Morgan fingerprint density at radius 2 is 1.57 bits per heavy atom. The van der Waals surface area contributed by atoms with Gasteiger partial charge in [0.1, 0.15) is 5.66 Å². The molecule has 2 rings (SSSR count). The lowest BCUT2D eigenvalue weighted by Crippen LogP contribution is -2.48. The highest BCUT2D eigenvalue weighted by atomic mass is 15.4. The highest BCUT2D eigenvalue weighted by Crippen LogP contribution is 2.42. The Morgan fingerprint density at radius 1 is 1.00 bits per heavy atom. The molecule has 0 saturated heterocycles. The molecule has 0 fully saturated rings. The predicted octanol–water partition coefficient (Wildman–Crippen LogP) is 2.62. The van der Waals surface area contributed by atoms with Gasteiger partial charge in [0.05, 0.1) is 11.4 Å². The fourth-order valence-corrected chi connectivity index (χ4v) is 2.00. The number of hydrogen-bond acceptors (Lipinski definition) is 2. The normalized spacial score (nSPS) is 18.6. The van der Waals surface area contributed by atoms with Crippen molar-refractivity contribution in [2.45, 2.75) is 26.4 Å². The van der Waals surface area contributed by atoms with Crippen LogP contribution in [0.2, 0.25) is 0 Å². The Labute approximate surface area is 86.1 Å². The molecule has 2 nitrogen and oxygen atoms in total. The Balaban J connectivity index is 2.59. The molecule has 1 aromatic carbocycles. The third-order valence-electron chi connectivity index (χ3n) is 3.50. The van der Waals surface area contributed by atoms with Gasteiger partial charge in [-0.15, -0.1) is 0 Å². The zero-order valence-electron chi connectivity index (χ0n) is 9.63. The summed E-state index contributed by atoms with van der Waals surface area (Å²) in [6.07, 6.45) is 0. The van der Waals surface area contributed by atoms with Crippen molar-refractivity contribution in [2.24, 2.45) is 0 Å². The van der Waals surface area contributed by atoms with Gasteiger partial charge in [-0.3, -0.25) is 0 Å². The molecule has 0 radical (unpaired) electrons. The molecule has 0 bridgehead atoms. The lowest BCUT2D eigenvalue weighted by molar-refractivity contribution is 0.505. The summed E-state index contributed by atoms with van der Waals surface area (Å²) in [5.41, 5.74) is 4.05. The van der Waals surface area contributed by atoms with Crippen molar-refractivity contribution < 1.29 is 0 Å². The number of aryl methyl sites for hydroxylation is 1. The zero-order valence-corrected chi connectivity index (χ0v) is 9.63. The first-order valence-corrected chi connectivity index (χ1v) is 5.03. The summed E-state index contributed by atoms with van der Waals surface area (Å²) in [6, 6.07) is 6.63. The average molecular weight is 190 g/mol. The maximum Gasteiger partial charge on any atom is 0.106 e. The number of anilines is 2. The van der Waals surface area contributed by atoms with E-state index in [-0.39, 0.29) is 5.66 Å². The van der Waals surface area contributed by atoms with Crippen molar-refractivity contribution in [1.29, 1.82) is 0 Å². The lowest BCUT2D eigenvalue weighted by atomic mass is 10.2. The van der Waals surface area contributed by atoms with Gasteiger partial charge in [0, 0.05) is 14.1 Å². The minimum absolute atomic E-state index is 0.0795. The molecule has 1 aliphatic heterocycles. The summed E-state index contributed by atoms with van der Waals surface area (Å²) in [5.74, 6) is 0. The molecule has 0 aromatic heterocycles. The van der Waals surface area contributed by atoms with Gasteiger partial charge in [0.15, 0.2) is 0 Å². The molecule has 0 spiro atoms. The molecule has 0 aliphatic carbocycles. The second-order valence-electron chi connectivity index (χ2n) is 4.60. The molecular weight excluding hydrogens is 172 g/mol. The molecule has 0 amide bonds. The van der Waals surface area contributed by atoms with Gasteiger partial charge in [0.2, 0.25) is 0 Å². The SMILES string of the molecule is Cc1ccc2c(c1)N(C)C(C)(C)N2C. The van der Waals surface area contributed by atoms with Crippen LogP contribution in [-0.2, 0) is 0 Å². The molecule has 0 N–H and O–H groups in total. The number of fused-ring (bicyclic) bond motifs is 1. The van der Waals surface area contributed by atoms with Crippen molar-refractivity contribution >= 4 is 11.4 Å². The highest BCUT2D eigenvalue weighted by molar-refractivity contribution is 5.79. The van der Waals surface area contributed by atoms with E-state index in [1.54, 1.807) is 0 Å². The fraction of sp³-hybridized carbons (Fsp3) is 0.500. The van der Waals surface area contributed by atoms with Gasteiger partial charge in [-0.1, -0.05) is 6.07 Å². The summed E-state index contributed by atoms with van der Waals surface area (Å²) in [7, 11) is 4.30. The summed E-state index contributed by atoms with van der Waals surface area (Å²) in [5, 5.41) is 0. The van der Waals surface area contributed by atoms with E-state index in [2.05, 4.69) is 62.9 Å². The molecular formula is C12H18N2. The van der Waals surface area contributed by atoms with Crippen molar-refractivity contribution in [1.82, 2.24) is 0 Å². The molecule has 0 saturated carbocycles. The molecule has 1 aromatic rings. The third kappa shape index (κ3) is 1.03. The number of benzene rings is 1. The maximum absolute atomic E-state index is 2.33. The molecule has 1 heterocycles. The van der Waals surface area contributed by atoms with Crippen molar-refractivity contribution in [3.8, 4) is 0 Å². The van der Waals surface area contributed by atoms with Crippen LogP contribution < -0.4 is 9.80 Å². The first-order chi connectivity index (χ1) is 6.44.